The normalized spacial score (nSPS) is 21.8. The lowest BCUT2D eigenvalue weighted by molar-refractivity contribution is -0.147. The number of halogens is 1. The lowest BCUT2D eigenvalue weighted by atomic mass is 9.92. The van der Waals surface area contributed by atoms with Crippen LogP contribution in [0.5, 0.6) is 0 Å². The van der Waals surface area contributed by atoms with Crippen LogP contribution in [0, 0.1) is 0 Å². The van der Waals surface area contributed by atoms with Crippen LogP contribution in [0.1, 0.15) is 24.3 Å². The van der Waals surface area contributed by atoms with E-state index in [-0.39, 0.29) is 5.97 Å². The van der Waals surface area contributed by atoms with Gasteiger partial charge in [0, 0.05) is 4.47 Å². The molecule has 2 nitrogen and oxygen atoms in total. The molecular formula is C11H11BrO2. The SMILES string of the molecule is O=C1CC(c2ccc(Br)cc2)CCO1. The minimum atomic E-state index is -0.0795. The fourth-order valence-corrected chi connectivity index (χ4v) is 1.96. The molecule has 1 heterocycles. The van der Waals surface area contributed by atoms with Crippen LogP contribution in [0.3, 0.4) is 0 Å². The van der Waals surface area contributed by atoms with Crippen LogP contribution in [-0.4, -0.2) is 12.6 Å². The van der Waals surface area contributed by atoms with Crippen molar-refractivity contribution in [3.8, 4) is 0 Å². The number of cyclic esters (lactones) is 1. The molecule has 74 valence electrons. The van der Waals surface area contributed by atoms with Gasteiger partial charge in [-0.2, -0.15) is 0 Å². The maximum atomic E-state index is 11.1. The standard InChI is InChI=1S/C11H11BrO2/c12-10-3-1-8(2-4-10)9-5-6-14-11(13)7-9/h1-4,9H,5-7H2. The molecule has 0 radical (unpaired) electrons. The van der Waals surface area contributed by atoms with Crippen molar-refractivity contribution in [2.75, 3.05) is 6.61 Å². The van der Waals surface area contributed by atoms with E-state index >= 15 is 0 Å². The molecule has 1 atom stereocenters. The molecule has 1 unspecified atom stereocenters. The molecule has 0 amide bonds. The van der Waals surface area contributed by atoms with Crippen molar-refractivity contribution in [1.82, 2.24) is 0 Å². The van der Waals surface area contributed by atoms with Crippen molar-refractivity contribution in [1.29, 1.82) is 0 Å². The van der Waals surface area contributed by atoms with Gasteiger partial charge >= 0.3 is 5.97 Å². The maximum absolute atomic E-state index is 11.1. The Labute approximate surface area is 91.4 Å². The molecule has 1 aliphatic heterocycles. The smallest absolute Gasteiger partial charge is 0.306 e. The topological polar surface area (TPSA) is 26.3 Å². The van der Waals surface area contributed by atoms with Crippen molar-refractivity contribution in [3.63, 3.8) is 0 Å². The Balaban J connectivity index is 2.14. The van der Waals surface area contributed by atoms with Crippen molar-refractivity contribution in [2.45, 2.75) is 18.8 Å². The van der Waals surface area contributed by atoms with Gasteiger partial charge in [-0.05, 0) is 30.0 Å². The molecule has 3 heteroatoms. The van der Waals surface area contributed by atoms with E-state index in [1.165, 1.54) is 5.56 Å². The first kappa shape index (κ1) is 9.71. The fourth-order valence-electron chi connectivity index (χ4n) is 1.70. The Morgan fingerprint density at radius 2 is 2.00 bits per heavy atom. The highest BCUT2D eigenvalue weighted by Crippen LogP contribution is 2.28. The van der Waals surface area contributed by atoms with Gasteiger partial charge in [-0.25, -0.2) is 0 Å². The first-order valence-corrected chi connectivity index (χ1v) is 5.46. The quantitative estimate of drug-likeness (QED) is 0.721. The first-order valence-electron chi connectivity index (χ1n) is 4.67. The number of carbonyl (C=O) groups excluding carboxylic acids is 1. The van der Waals surface area contributed by atoms with Crippen LogP contribution in [-0.2, 0) is 9.53 Å². The average Bonchev–Trinajstić information content (AvgIpc) is 2.19. The second-order valence-electron chi connectivity index (χ2n) is 3.46. The second kappa shape index (κ2) is 4.13. The number of hydrogen-bond donors (Lipinski definition) is 0. The summed E-state index contributed by atoms with van der Waals surface area (Å²) in [7, 11) is 0. The summed E-state index contributed by atoms with van der Waals surface area (Å²) in [6.45, 7) is 0.555. The highest BCUT2D eigenvalue weighted by molar-refractivity contribution is 9.10. The highest BCUT2D eigenvalue weighted by atomic mass is 79.9. The van der Waals surface area contributed by atoms with Gasteiger partial charge < -0.3 is 4.74 Å². The Morgan fingerprint density at radius 3 is 2.64 bits per heavy atom. The highest BCUT2D eigenvalue weighted by Gasteiger charge is 2.21. The molecule has 0 bridgehead atoms. The first-order chi connectivity index (χ1) is 6.75. The molecule has 0 aromatic heterocycles. The van der Waals surface area contributed by atoms with Gasteiger partial charge in [-0.1, -0.05) is 28.1 Å². The summed E-state index contributed by atoms with van der Waals surface area (Å²) in [6.07, 6.45) is 1.45. The van der Waals surface area contributed by atoms with Crippen molar-refractivity contribution in [2.24, 2.45) is 0 Å². The lowest BCUT2D eigenvalue weighted by Crippen LogP contribution is -2.19. The van der Waals surface area contributed by atoms with E-state index in [1.807, 2.05) is 12.1 Å². The van der Waals surface area contributed by atoms with E-state index in [0.29, 0.717) is 18.9 Å². The molecule has 1 aromatic carbocycles. The molecule has 0 aliphatic carbocycles. The lowest BCUT2D eigenvalue weighted by Gasteiger charge is -2.21. The van der Waals surface area contributed by atoms with E-state index in [1.54, 1.807) is 0 Å². The van der Waals surface area contributed by atoms with E-state index in [4.69, 9.17) is 4.74 Å². The number of carbonyl (C=O) groups is 1. The Hall–Kier alpha value is -0.830. The zero-order valence-electron chi connectivity index (χ0n) is 7.70. The zero-order valence-corrected chi connectivity index (χ0v) is 9.29. The molecule has 14 heavy (non-hydrogen) atoms. The van der Waals surface area contributed by atoms with Crippen LogP contribution < -0.4 is 0 Å². The van der Waals surface area contributed by atoms with Gasteiger partial charge in [0.15, 0.2) is 0 Å². The van der Waals surface area contributed by atoms with Gasteiger partial charge in [0.05, 0.1) is 13.0 Å². The summed E-state index contributed by atoms with van der Waals surface area (Å²) in [5.41, 5.74) is 1.23. The maximum Gasteiger partial charge on any atom is 0.306 e. The van der Waals surface area contributed by atoms with Gasteiger partial charge in [0.2, 0.25) is 0 Å². The van der Waals surface area contributed by atoms with E-state index in [0.717, 1.165) is 10.9 Å². The number of hydrogen-bond acceptors (Lipinski definition) is 2. The van der Waals surface area contributed by atoms with Gasteiger partial charge in [-0.3, -0.25) is 4.79 Å². The molecule has 1 saturated heterocycles. The van der Waals surface area contributed by atoms with Gasteiger partial charge in [0.25, 0.3) is 0 Å². The molecule has 0 spiro atoms. The third kappa shape index (κ3) is 2.15. The summed E-state index contributed by atoms with van der Waals surface area (Å²) in [5.74, 6) is 0.258. The summed E-state index contributed by atoms with van der Waals surface area (Å²) < 4.78 is 5.97. The molecule has 0 N–H and O–H groups in total. The Bertz CT molecular complexity index is 332. The molecule has 1 fully saturated rings. The number of ether oxygens (including phenoxy) is 1. The third-order valence-electron chi connectivity index (χ3n) is 2.48. The van der Waals surface area contributed by atoms with Crippen LogP contribution >= 0.6 is 15.9 Å². The number of benzene rings is 1. The average molecular weight is 255 g/mol. The van der Waals surface area contributed by atoms with E-state index < -0.39 is 0 Å². The van der Waals surface area contributed by atoms with Crippen molar-refractivity contribution < 1.29 is 9.53 Å². The fraction of sp³-hybridized carbons (Fsp3) is 0.364. The predicted molar refractivity (Wildman–Crippen MR) is 57.1 cm³/mol. The van der Waals surface area contributed by atoms with Gasteiger partial charge in [0.1, 0.15) is 0 Å². The van der Waals surface area contributed by atoms with Crippen LogP contribution in [0.25, 0.3) is 0 Å². The molecule has 0 saturated carbocycles. The third-order valence-corrected chi connectivity index (χ3v) is 3.01. The second-order valence-corrected chi connectivity index (χ2v) is 4.38. The van der Waals surface area contributed by atoms with Crippen molar-refractivity contribution in [3.05, 3.63) is 34.3 Å². The van der Waals surface area contributed by atoms with Crippen LogP contribution in [0.15, 0.2) is 28.7 Å². The van der Waals surface area contributed by atoms with Gasteiger partial charge in [-0.15, -0.1) is 0 Å². The minimum absolute atomic E-state index is 0.0795. The van der Waals surface area contributed by atoms with Crippen LogP contribution in [0.2, 0.25) is 0 Å². The largest absolute Gasteiger partial charge is 0.466 e. The minimum Gasteiger partial charge on any atom is -0.466 e. The van der Waals surface area contributed by atoms with E-state index in [2.05, 4.69) is 28.1 Å². The number of esters is 1. The zero-order chi connectivity index (χ0) is 9.97. The molecule has 1 aromatic rings. The summed E-state index contributed by atoms with van der Waals surface area (Å²) >= 11 is 3.39. The monoisotopic (exact) mass is 254 g/mol. The Morgan fingerprint density at radius 1 is 1.29 bits per heavy atom. The predicted octanol–water partition coefficient (Wildman–Crippen LogP) is 2.87. The summed E-state index contributed by atoms with van der Waals surface area (Å²) in [4.78, 5) is 11.1. The molecule has 1 aliphatic rings. The molecular weight excluding hydrogens is 244 g/mol. The molecule has 2 rings (SSSR count). The van der Waals surface area contributed by atoms with Crippen molar-refractivity contribution >= 4 is 21.9 Å². The van der Waals surface area contributed by atoms with Crippen LogP contribution in [0.4, 0.5) is 0 Å². The summed E-state index contributed by atoms with van der Waals surface area (Å²) in [5, 5.41) is 0. The van der Waals surface area contributed by atoms with E-state index in [9.17, 15) is 4.79 Å². The summed E-state index contributed by atoms with van der Waals surface area (Å²) in [6, 6.07) is 8.14. The Kier molecular flexibility index (Phi) is 2.87. The number of rotatable bonds is 1.